The first-order valence-electron chi connectivity index (χ1n) is 8.20. The summed E-state index contributed by atoms with van der Waals surface area (Å²) in [7, 11) is 0. The highest BCUT2D eigenvalue weighted by atomic mass is 35.5. The van der Waals surface area contributed by atoms with E-state index in [0.717, 1.165) is 14.7 Å². The van der Waals surface area contributed by atoms with Crippen molar-refractivity contribution in [2.75, 3.05) is 6.54 Å². The minimum atomic E-state index is -0.411. The average molecular weight is 409 g/mol. The zero-order valence-electron chi connectivity index (χ0n) is 14.4. The first-order valence-corrected chi connectivity index (χ1v) is 9.77. The minimum absolute atomic E-state index is 0.0180. The number of imide groups is 1. The lowest BCUT2D eigenvalue weighted by Crippen LogP contribution is -2.30. The quantitative estimate of drug-likeness (QED) is 0.680. The summed E-state index contributed by atoms with van der Waals surface area (Å²) in [5, 5.41) is 3.29. The summed E-state index contributed by atoms with van der Waals surface area (Å²) in [5.41, 5.74) is 1.89. The van der Waals surface area contributed by atoms with E-state index in [1.165, 1.54) is 5.56 Å². The number of nitrogens with zero attached hydrogens (tertiary/aromatic N) is 1. The molecular formula is C19H18Cl2N2O2S. The number of carbonyl (C=O) groups is 2. The number of rotatable bonds is 5. The number of amides is 3. The highest BCUT2D eigenvalue weighted by Crippen LogP contribution is 2.41. The molecule has 3 rings (SSSR count). The van der Waals surface area contributed by atoms with Gasteiger partial charge in [0.25, 0.3) is 0 Å². The topological polar surface area (TPSA) is 49.4 Å². The first kappa shape index (κ1) is 19.1. The normalized spacial score (nSPS) is 14.3. The van der Waals surface area contributed by atoms with E-state index in [4.69, 9.17) is 23.2 Å². The van der Waals surface area contributed by atoms with Crippen LogP contribution in [0.5, 0.6) is 0 Å². The zero-order chi connectivity index (χ0) is 18.8. The van der Waals surface area contributed by atoms with Crippen molar-refractivity contribution in [3.63, 3.8) is 0 Å². The van der Waals surface area contributed by atoms with Crippen molar-refractivity contribution in [1.82, 2.24) is 10.2 Å². The molecule has 7 heteroatoms. The Kier molecular flexibility index (Phi) is 5.80. The molecule has 0 bridgehead atoms. The molecule has 0 atom stereocenters. The largest absolute Gasteiger partial charge is 0.329 e. The molecule has 1 aliphatic rings. The van der Waals surface area contributed by atoms with Crippen LogP contribution in [0.3, 0.4) is 0 Å². The maximum absolute atomic E-state index is 11.8. The Balaban J connectivity index is 1.86. The third kappa shape index (κ3) is 3.85. The van der Waals surface area contributed by atoms with Gasteiger partial charge in [-0.3, -0.25) is 9.69 Å². The van der Waals surface area contributed by atoms with E-state index >= 15 is 0 Å². The number of urea groups is 1. The van der Waals surface area contributed by atoms with Crippen LogP contribution in [-0.4, -0.2) is 23.4 Å². The second-order valence-corrected chi connectivity index (χ2v) is 8.12. The summed E-state index contributed by atoms with van der Waals surface area (Å²) >= 11 is 14.5. The molecule has 0 unspecified atom stereocenters. The summed E-state index contributed by atoms with van der Waals surface area (Å²) in [5.74, 6) is 0.124. The summed E-state index contributed by atoms with van der Waals surface area (Å²) in [6.07, 6.45) is 0. The van der Waals surface area contributed by atoms with Crippen molar-refractivity contribution in [1.29, 1.82) is 0 Å². The van der Waals surface area contributed by atoms with E-state index in [0.29, 0.717) is 21.5 Å². The Morgan fingerprint density at radius 2 is 1.81 bits per heavy atom. The maximum Gasteiger partial charge on any atom is 0.324 e. The predicted molar refractivity (Wildman–Crippen MR) is 105 cm³/mol. The lowest BCUT2D eigenvalue weighted by molar-refractivity contribution is -0.125. The molecule has 0 spiro atoms. The molecule has 0 radical (unpaired) electrons. The van der Waals surface area contributed by atoms with Crippen LogP contribution in [-0.2, 0) is 11.3 Å². The summed E-state index contributed by atoms with van der Waals surface area (Å²) in [6, 6.07) is 11.5. The number of carbonyl (C=O) groups excluding carboxylic acids is 2. The molecule has 0 saturated carbocycles. The van der Waals surface area contributed by atoms with Crippen LogP contribution in [0, 0.1) is 0 Å². The Morgan fingerprint density at radius 1 is 1.08 bits per heavy atom. The first-order chi connectivity index (χ1) is 12.4. The van der Waals surface area contributed by atoms with Crippen LogP contribution < -0.4 is 5.32 Å². The van der Waals surface area contributed by atoms with Gasteiger partial charge in [-0.1, -0.05) is 73.1 Å². The molecular weight excluding hydrogens is 391 g/mol. The van der Waals surface area contributed by atoms with Gasteiger partial charge in [0.05, 0.1) is 23.1 Å². The fraction of sp³-hybridized carbons (Fsp3) is 0.263. The van der Waals surface area contributed by atoms with Crippen molar-refractivity contribution in [2.45, 2.75) is 36.1 Å². The minimum Gasteiger partial charge on any atom is -0.329 e. The summed E-state index contributed by atoms with van der Waals surface area (Å²) in [4.78, 5) is 26.6. The van der Waals surface area contributed by atoms with Crippen LogP contribution >= 0.6 is 35.0 Å². The van der Waals surface area contributed by atoms with Crippen LogP contribution in [0.1, 0.15) is 30.9 Å². The van der Waals surface area contributed by atoms with Crippen LogP contribution in [0.2, 0.25) is 10.0 Å². The van der Waals surface area contributed by atoms with Crippen molar-refractivity contribution in [3.8, 4) is 0 Å². The van der Waals surface area contributed by atoms with Gasteiger partial charge in [0.2, 0.25) is 5.91 Å². The molecule has 1 aliphatic heterocycles. The van der Waals surface area contributed by atoms with Gasteiger partial charge in [0.15, 0.2) is 0 Å². The van der Waals surface area contributed by atoms with Crippen LogP contribution in [0.15, 0.2) is 46.2 Å². The molecule has 136 valence electrons. The van der Waals surface area contributed by atoms with Crippen LogP contribution in [0.25, 0.3) is 0 Å². The Hall–Kier alpha value is -1.69. The number of halogens is 2. The highest BCUT2D eigenvalue weighted by molar-refractivity contribution is 7.99. The smallest absolute Gasteiger partial charge is 0.324 e. The van der Waals surface area contributed by atoms with E-state index in [1.54, 1.807) is 11.8 Å². The van der Waals surface area contributed by atoms with Gasteiger partial charge in [0, 0.05) is 9.79 Å². The van der Waals surface area contributed by atoms with Crippen molar-refractivity contribution in [2.24, 2.45) is 0 Å². The highest BCUT2D eigenvalue weighted by Gasteiger charge is 2.29. The molecule has 4 nitrogen and oxygen atoms in total. The fourth-order valence-corrected chi connectivity index (χ4v) is 4.44. The van der Waals surface area contributed by atoms with Gasteiger partial charge in [-0.2, -0.15) is 0 Å². The lowest BCUT2D eigenvalue weighted by Gasteiger charge is -2.16. The summed E-state index contributed by atoms with van der Waals surface area (Å²) < 4.78 is 0. The SMILES string of the molecule is CC(C)c1ccccc1Sc1ccc(CN2C(=O)CNC2=O)c(Cl)c1Cl. The Labute approximate surface area is 166 Å². The van der Waals surface area contributed by atoms with Crippen molar-refractivity contribution in [3.05, 3.63) is 57.6 Å². The van der Waals surface area contributed by atoms with E-state index in [-0.39, 0.29) is 19.0 Å². The Morgan fingerprint density at radius 3 is 2.46 bits per heavy atom. The average Bonchev–Trinajstić information content (AvgIpc) is 2.93. The number of benzene rings is 2. The monoisotopic (exact) mass is 408 g/mol. The van der Waals surface area contributed by atoms with E-state index < -0.39 is 6.03 Å². The van der Waals surface area contributed by atoms with E-state index in [9.17, 15) is 9.59 Å². The summed E-state index contributed by atoms with van der Waals surface area (Å²) in [6.45, 7) is 4.42. The zero-order valence-corrected chi connectivity index (χ0v) is 16.7. The van der Waals surface area contributed by atoms with Crippen molar-refractivity contribution >= 4 is 46.9 Å². The van der Waals surface area contributed by atoms with E-state index in [2.05, 4.69) is 31.3 Å². The van der Waals surface area contributed by atoms with E-state index in [1.807, 2.05) is 24.3 Å². The Bertz CT molecular complexity index is 855. The number of hydrogen-bond acceptors (Lipinski definition) is 3. The third-order valence-electron chi connectivity index (χ3n) is 4.15. The molecule has 1 heterocycles. The molecule has 0 aromatic heterocycles. The van der Waals surface area contributed by atoms with Gasteiger partial charge in [-0.25, -0.2) is 4.79 Å². The maximum atomic E-state index is 11.8. The molecule has 2 aromatic rings. The van der Waals surface area contributed by atoms with Crippen molar-refractivity contribution < 1.29 is 9.59 Å². The molecule has 1 fully saturated rings. The van der Waals surface area contributed by atoms with Gasteiger partial charge >= 0.3 is 6.03 Å². The molecule has 1 N–H and O–H groups in total. The molecule has 26 heavy (non-hydrogen) atoms. The second kappa shape index (κ2) is 7.91. The van der Waals surface area contributed by atoms with Gasteiger partial charge in [-0.15, -0.1) is 0 Å². The molecule has 0 aliphatic carbocycles. The molecule has 2 aromatic carbocycles. The molecule has 1 saturated heterocycles. The number of hydrogen-bond donors (Lipinski definition) is 1. The van der Waals surface area contributed by atoms with Gasteiger partial charge in [0.1, 0.15) is 0 Å². The predicted octanol–water partition coefficient (Wildman–Crippen LogP) is 5.32. The van der Waals surface area contributed by atoms with Crippen LogP contribution in [0.4, 0.5) is 4.79 Å². The van der Waals surface area contributed by atoms with Gasteiger partial charge in [-0.05, 0) is 29.2 Å². The third-order valence-corrected chi connectivity index (χ3v) is 6.34. The van der Waals surface area contributed by atoms with Gasteiger partial charge < -0.3 is 5.32 Å². The fourth-order valence-electron chi connectivity index (χ4n) is 2.73. The second-order valence-electron chi connectivity index (χ2n) is 6.28. The lowest BCUT2D eigenvalue weighted by atomic mass is 10.0. The molecule has 3 amide bonds. The number of nitrogens with one attached hydrogen (secondary N) is 1. The standard InChI is InChI=1S/C19H18Cl2N2O2S/c1-11(2)13-5-3-4-6-14(13)26-15-8-7-12(17(20)18(15)21)10-23-16(24)9-22-19(23)25/h3-8,11H,9-10H2,1-2H3,(H,22,25).